The number of thiazole rings is 1. The Morgan fingerprint density at radius 3 is 2.91 bits per heavy atom. The number of carbonyl (C=O) groups is 1. The maximum Gasteiger partial charge on any atom is 0.308 e. The highest BCUT2D eigenvalue weighted by Crippen LogP contribution is 2.27. The minimum absolute atomic E-state index is 0.0651. The van der Waals surface area contributed by atoms with E-state index in [9.17, 15) is 9.90 Å². The van der Waals surface area contributed by atoms with Crippen LogP contribution in [0.4, 0.5) is 0 Å². The molecular weight excluding hydrogens is 296 g/mol. The molecule has 1 saturated heterocycles. The lowest BCUT2D eigenvalue weighted by Gasteiger charge is -2.36. The average molecular weight is 316 g/mol. The Kier molecular flexibility index (Phi) is 4.55. The fourth-order valence-electron chi connectivity index (χ4n) is 3.07. The fraction of sp³-hybridized carbons (Fsp3) is 0.412. The first-order valence-electron chi connectivity index (χ1n) is 7.62. The van der Waals surface area contributed by atoms with Gasteiger partial charge in [0.1, 0.15) is 5.01 Å². The molecule has 0 saturated carbocycles. The minimum atomic E-state index is -0.679. The van der Waals surface area contributed by atoms with Crippen molar-refractivity contribution in [2.45, 2.75) is 32.4 Å². The quantitative estimate of drug-likeness (QED) is 0.938. The Morgan fingerprint density at radius 2 is 2.18 bits per heavy atom. The third-order valence-electron chi connectivity index (χ3n) is 4.40. The first-order chi connectivity index (χ1) is 10.6. The molecule has 2 atom stereocenters. The van der Waals surface area contributed by atoms with Gasteiger partial charge in [-0.25, -0.2) is 4.98 Å². The summed E-state index contributed by atoms with van der Waals surface area (Å²) in [6.45, 7) is 3.71. The Labute approximate surface area is 134 Å². The number of benzene rings is 1. The van der Waals surface area contributed by atoms with Crippen molar-refractivity contribution < 1.29 is 9.90 Å². The molecular formula is C17H20N2O2S. The zero-order chi connectivity index (χ0) is 15.5. The van der Waals surface area contributed by atoms with Crippen LogP contribution in [0.3, 0.4) is 0 Å². The van der Waals surface area contributed by atoms with Gasteiger partial charge in [-0.2, -0.15) is 0 Å². The first-order valence-corrected chi connectivity index (χ1v) is 8.50. The van der Waals surface area contributed by atoms with E-state index >= 15 is 0 Å². The maximum absolute atomic E-state index is 11.3. The Morgan fingerprint density at radius 1 is 1.41 bits per heavy atom. The molecule has 0 radical (unpaired) electrons. The number of hydrogen-bond acceptors (Lipinski definition) is 4. The Balaban J connectivity index is 1.71. The molecule has 1 aromatic heterocycles. The molecule has 3 rings (SSSR count). The second-order valence-corrected chi connectivity index (χ2v) is 6.73. The van der Waals surface area contributed by atoms with Crippen LogP contribution in [0.5, 0.6) is 0 Å². The summed E-state index contributed by atoms with van der Waals surface area (Å²) >= 11 is 1.65. The van der Waals surface area contributed by atoms with Crippen LogP contribution in [0.15, 0.2) is 35.7 Å². The highest BCUT2D eigenvalue weighted by molar-refractivity contribution is 7.09. The van der Waals surface area contributed by atoms with Crippen LogP contribution >= 0.6 is 11.3 Å². The van der Waals surface area contributed by atoms with Crippen LogP contribution in [-0.4, -0.2) is 33.5 Å². The normalized spacial score (nSPS) is 22.6. The van der Waals surface area contributed by atoms with Crippen molar-refractivity contribution >= 4 is 17.3 Å². The summed E-state index contributed by atoms with van der Waals surface area (Å²) in [6.07, 6.45) is 1.72. The molecule has 1 aliphatic rings. The first kappa shape index (κ1) is 15.2. The van der Waals surface area contributed by atoms with E-state index in [4.69, 9.17) is 4.98 Å². The SMILES string of the molecule is C[C@@H]1[C@H](C(=O)O)CCCN1Cc1nc(-c2ccccc2)cs1. The fourth-order valence-corrected chi connectivity index (χ4v) is 3.89. The summed E-state index contributed by atoms with van der Waals surface area (Å²) in [5.74, 6) is -0.941. The summed E-state index contributed by atoms with van der Waals surface area (Å²) in [6, 6.07) is 10.2. The molecule has 0 spiro atoms. The standard InChI is InChI=1S/C17H20N2O2S/c1-12-14(17(20)21)8-5-9-19(12)10-16-18-15(11-22-16)13-6-3-2-4-7-13/h2-4,6-7,11-12,14H,5,8-10H2,1H3,(H,20,21)/t12-,14-/m1/s1. The lowest BCUT2D eigenvalue weighted by atomic mass is 9.90. The summed E-state index contributed by atoms with van der Waals surface area (Å²) < 4.78 is 0. The molecule has 0 aliphatic carbocycles. The van der Waals surface area contributed by atoms with E-state index in [1.165, 1.54) is 0 Å². The number of nitrogens with zero attached hydrogens (tertiary/aromatic N) is 2. The third kappa shape index (κ3) is 3.20. The van der Waals surface area contributed by atoms with E-state index in [0.29, 0.717) is 0 Å². The lowest BCUT2D eigenvalue weighted by molar-refractivity contribution is -0.145. The van der Waals surface area contributed by atoms with Crippen molar-refractivity contribution in [3.63, 3.8) is 0 Å². The molecule has 0 unspecified atom stereocenters. The number of hydrogen-bond donors (Lipinski definition) is 1. The molecule has 22 heavy (non-hydrogen) atoms. The molecule has 4 nitrogen and oxygen atoms in total. The van der Waals surface area contributed by atoms with Crippen LogP contribution in [-0.2, 0) is 11.3 Å². The smallest absolute Gasteiger partial charge is 0.308 e. The number of aromatic nitrogens is 1. The van der Waals surface area contributed by atoms with Gasteiger partial charge in [-0.3, -0.25) is 9.69 Å². The van der Waals surface area contributed by atoms with Gasteiger partial charge in [0.25, 0.3) is 0 Å². The van der Waals surface area contributed by atoms with E-state index in [1.807, 2.05) is 25.1 Å². The van der Waals surface area contributed by atoms with Gasteiger partial charge >= 0.3 is 5.97 Å². The number of carboxylic acid groups (broad SMARTS) is 1. The van der Waals surface area contributed by atoms with Crippen LogP contribution in [0.25, 0.3) is 11.3 Å². The Hall–Kier alpha value is -1.72. The van der Waals surface area contributed by atoms with Crippen molar-refractivity contribution in [3.05, 3.63) is 40.7 Å². The molecule has 1 N–H and O–H groups in total. The van der Waals surface area contributed by atoms with Gasteiger partial charge in [-0.15, -0.1) is 11.3 Å². The van der Waals surface area contributed by atoms with E-state index < -0.39 is 5.97 Å². The van der Waals surface area contributed by atoms with E-state index in [0.717, 1.165) is 42.2 Å². The predicted octanol–water partition coefficient (Wildman–Crippen LogP) is 3.50. The number of likely N-dealkylation sites (tertiary alicyclic amines) is 1. The van der Waals surface area contributed by atoms with Crippen molar-refractivity contribution in [2.75, 3.05) is 6.54 Å². The summed E-state index contributed by atoms with van der Waals surface area (Å²) in [5.41, 5.74) is 2.13. The monoisotopic (exact) mass is 316 g/mol. The molecule has 116 valence electrons. The molecule has 1 aromatic carbocycles. The predicted molar refractivity (Wildman–Crippen MR) is 87.8 cm³/mol. The number of piperidine rings is 1. The lowest BCUT2D eigenvalue weighted by Crippen LogP contribution is -2.45. The third-order valence-corrected chi connectivity index (χ3v) is 5.23. The van der Waals surface area contributed by atoms with E-state index in [1.54, 1.807) is 11.3 Å². The van der Waals surface area contributed by atoms with Crippen LogP contribution in [0.1, 0.15) is 24.8 Å². The Bertz CT molecular complexity index is 641. The molecule has 5 heteroatoms. The second-order valence-electron chi connectivity index (χ2n) is 5.79. The average Bonchev–Trinajstić information content (AvgIpc) is 2.98. The molecule has 0 bridgehead atoms. The van der Waals surface area contributed by atoms with Crippen LogP contribution in [0.2, 0.25) is 0 Å². The molecule has 1 aliphatic heterocycles. The van der Waals surface area contributed by atoms with Crippen molar-refractivity contribution in [1.82, 2.24) is 9.88 Å². The molecule has 2 heterocycles. The molecule has 1 fully saturated rings. The van der Waals surface area contributed by atoms with Crippen molar-refractivity contribution in [2.24, 2.45) is 5.92 Å². The zero-order valence-electron chi connectivity index (χ0n) is 12.6. The van der Waals surface area contributed by atoms with Gasteiger partial charge in [0, 0.05) is 17.0 Å². The topological polar surface area (TPSA) is 53.4 Å². The van der Waals surface area contributed by atoms with Gasteiger partial charge in [0.15, 0.2) is 0 Å². The summed E-state index contributed by atoms with van der Waals surface area (Å²) in [4.78, 5) is 18.3. The van der Waals surface area contributed by atoms with Crippen molar-refractivity contribution in [1.29, 1.82) is 0 Å². The molecule has 0 amide bonds. The summed E-state index contributed by atoms with van der Waals surface area (Å²) in [7, 11) is 0. The van der Waals surface area contributed by atoms with Gasteiger partial charge < -0.3 is 5.11 Å². The van der Waals surface area contributed by atoms with Gasteiger partial charge in [-0.1, -0.05) is 30.3 Å². The van der Waals surface area contributed by atoms with Crippen molar-refractivity contribution in [3.8, 4) is 11.3 Å². The number of rotatable bonds is 4. The van der Waals surface area contributed by atoms with Gasteiger partial charge in [-0.05, 0) is 26.3 Å². The van der Waals surface area contributed by atoms with E-state index in [-0.39, 0.29) is 12.0 Å². The number of aliphatic carboxylic acids is 1. The van der Waals surface area contributed by atoms with Crippen LogP contribution in [0, 0.1) is 5.92 Å². The summed E-state index contributed by atoms with van der Waals surface area (Å²) in [5, 5.41) is 12.4. The zero-order valence-corrected chi connectivity index (χ0v) is 13.4. The minimum Gasteiger partial charge on any atom is -0.481 e. The van der Waals surface area contributed by atoms with Gasteiger partial charge in [0.2, 0.25) is 0 Å². The van der Waals surface area contributed by atoms with Crippen LogP contribution < -0.4 is 0 Å². The largest absolute Gasteiger partial charge is 0.481 e. The maximum atomic E-state index is 11.3. The van der Waals surface area contributed by atoms with Gasteiger partial charge in [0.05, 0.1) is 18.2 Å². The second kappa shape index (κ2) is 6.58. The highest BCUT2D eigenvalue weighted by Gasteiger charge is 2.33. The number of carboxylic acids is 1. The van der Waals surface area contributed by atoms with E-state index in [2.05, 4.69) is 22.4 Å². The molecule has 2 aromatic rings. The highest BCUT2D eigenvalue weighted by atomic mass is 32.1.